The van der Waals surface area contributed by atoms with Gasteiger partial charge < -0.3 is 14.6 Å². The lowest BCUT2D eigenvalue weighted by molar-refractivity contribution is -0.110. The first-order chi connectivity index (χ1) is 16.4. The molecule has 3 heterocycles. The Labute approximate surface area is 208 Å². The fourth-order valence-electron chi connectivity index (χ4n) is 5.73. The first kappa shape index (κ1) is 27.1. The van der Waals surface area contributed by atoms with E-state index < -0.39 is 0 Å². The van der Waals surface area contributed by atoms with Crippen molar-refractivity contribution in [3.63, 3.8) is 0 Å². The molecule has 192 valence electrons. The third-order valence-corrected chi connectivity index (χ3v) is 8.27. The molecule has 1 aliphatic carbocycles. The first-order valence-electron chi connectivity index (χ1n) is 13.9. The molecule has 1 aromatic heterocycles. The Kier molecular flexibility index (Phi) is 10.8. The Hall–Kier alpha value is -1.53. The SMILES string of the molecule is CCC(C)C=O.CCC(C)N1CC2CCC(C1)N2c1ncc(CN(C)CC2CCCCC2)cn1. The molecule has 34 heavy (non-hydrogen) atoms. The van der Waals surface area contributed by atoms with Gasteiger partial charge in [0.25, 0.3) is 0 Å². The summed E-state index contributed by atoms with van der Waals surface area (Å²) in [6.45, 7) is 13.1. The number of likely N-dealkylation sites (tertiary alicyclic amines) is 1. The highest BCUT2D eigenvalue weighted by molar-refractivity contribution is 5.52. The van der Waals surface area contributed by atoms with Crippen LogP contribution in [-0.4, -0.2) is 70.9 Å². The number of hydrogen-bond acceptors (Lipinski definition) is 6. The summed E-state index contributed by atoms with van der Waals surface area (Å²) in [6.07, 6.45) is 17.0. The molecule has 4 unspecified atom stereocenters. The van der Waals surface area contributed by atoms with Gasteiger partial charge in [0.2, 0.25) is 5.95 Å². The van der Waals surface area contributed by atoms with E-state index in [0.717, 1.165) is 31.1 Å². The smallest absolute Gasteiger partial charge is 0.225 e. The van der Waals surface area contributed by atoms with Gasteiger partial charge in [-0.1, -0.05) is 40.0 Å². The molecule has 6 heteroatoms. The summed E-state index contributed by atoms with van der Waals surface area (Å²) in [6, 6.07) is 1.87. The van der Waals surface area contributed by atoms with Crippen molar-refractivity contribution in [2.24, 2.45) is 11.8 Å². The maximum Gasteiger partial charge on any atom is 0.225 e. The number of fused-ring (bicyclic) bond motifs is 2. The van der Waals surface area contributed by atoms with E-state index in [1.165, 1.54) is 76.6 Å². The van der Waals surface area contributed by atoms with Crippen molar-refractivity contribution in [3.8, 4) is 0 Å². The van der Waals surface area contributed by atoms with E-state index in [2.05, 4.69) is 48.0 Å². The predicted molar refractivity (Wildman–Crippen MR) is 141 cm³/mol. The van der Waals surface area contributed by atoms with E-state index in [1.807, 2.05) is 13.8 Å². The second-order valence-corrected chi connectivity index (χ2v) is 11.1. The van der Waals surface area contributed by atoms with Crippen LogP contribution in [0.15, 0.2) is 12.4 Å². The van der Waals surface area contributed by atoms with Gasteiger partial charge in [-0.2, -0.15) is 0 Å². The van der Waals surface area contributed by atoms with Crippen LogP contribution < -0.4 is 4.90 Å². The first-order valence-corrected chi connectivity index (χ1v) is 13.9. The van der Waals surface area contributed by atoms with E-state index >= 15 is 0 Å². The molecule has 3 fully saturated rings. The van der Waals surface area contributed by atoms with Gasteiger partial charge in [-0.15, -0.1) is 0 Å². The molecule has 0 amide bonds. The maximum absolute atomic E-state index is 9.74. The highest BCUT2D eigenvalue weighted by Crippen LogP contribution is 2.34. The molecule has 4 atom stereocenters. The summed E-state index contributed by atoms with van der Waals surface area (Å²) < 4.78 is 0. The van der Waals surface area contributed by atoms with Crippen molar-refractivity contribution in [2.45, 2.75) is 110 Å². The second kappa shape index (κ2) is 13.5. The molecule has 0 aromatic carbocycles. The minimum atomic E-state index is 0.255. The quantitative estimate of drug-likeness (QED) is 0.463. The third kappa shape index (κ3) is 7.48. The molecule has 0 spiro atoms. The molecular formula is C28H49N5O. The minimum Gasteiger partial charge on any atom is -0.332 e. The summed E-state index contributed by atoms with van der Waals surface area (Å²) in [5, 5.41) is 0. The highest BCUT2D eigenvalue weighted by Gasteiger charge is 2.42. The topological polar surface area (TPSA) is 52.6 Å². The average molecular weight is 472 g/mol. The van der Waals surface area contributed by atoms with Crippen molar-refractivity contribution in [1.82, 2.24) is 19.8 Å². The van der Waals surface area contributed by atoms with Gasteiger partial charge in [0.05, 0.1) is 0 Å². The third-order valence-electron chi connectivity index (χ3n) is 8.27. The lowest BCUT2D eigenvalue weighted by atomic mass is 9.89. The number of carbonyl (C=O) groups excluding carboxylic acids is 1. The van der Waals surface area contributed by atoms with Crippen LogP contribution in [-0.2, 0) is 11.3 Å². The van der Waals surface area contributed by atoms with E-state index in [-0.39, 0.29) is 5.92 Å². The normalized spacial score (nSPS) is 25.1. The number of anilines is 1. The summed E-state index contributed by atoms with van der Waals surface area (Å²) in [5.41, 5.74) is 1.24. The van der Waals surface area contributed by atoms with Gasteiger partial charge in [0.1, 0.15) is 6.29 Å². The summed E-state index contributed by atoms with van der Waals surface area (Å²) in [7, 11) is 2.25. The molecule has 0 radical (unpaired) electrons. The van der Waals surface area contributed by atoms with Gasteiger partial charge >= 0.3 is 0 Å². The fraction of sp³-hybridized carbons (Fsp3) is 0.821. The highest BCUT2D eigenvalue weighted by atomic mass is 16.1. The molecule has 6 nitrogen and oxygen atoms in total. The maximum atomic E-state index is 9.74. The van der Waals surface area contributed by atoms with Gasteiger partial charge in [0, 0.05) is 68.2 Å². The van der Waals surface area contributed by atoms with Crippen LogP contribution in [0.5, 0.6) is 0 Å². The molecule has 2 bridgehead atoms. The fourth-order valence-corrected chi connectivity index (χ4v) is 5.73. The molecule has 1 aromatic rings. The van der Waals surface area contributed by atoms with Crippen molar-refractivity contribution in [3.05, 3.63) is 18.0 Å². The van der Waals surface area contributed by atoms with Crippen molar-refractivity contribution in [2.75, 3.05) is 31.6 Å². The monoisotopic (exact) mass is 471 g/mol. The van der Waals surface area contributed by atoms with E-state index in [4.69, 9.17) is 9.97 Å². The molecule has 2 saturated heterocycles. The Morgan fingerprint density at radius 3 is 2.12 bits per heavy atom. The second-order valence-electron chi connectivity index (χ2n) is 11.1. The number of hydrogen-bond donors (Lipinski definition) is 0. The van der Waals surface area contributed by atoms with Gasteiger partial charge in [0.15, 0.2) is 0 Å². The largest absolute Gasteiger partial charge is 0.332 e. The Morgan fingerprint density at radius 2 is 1.62 bits per heavy atom. The van der Waals surface area contributed by atoms with Crippen LogP contribution in [0.25, 0.3) is 0 Å². The molecule has 4 rings (SSSR count). The lowest BCUT2D eigenvalue weighted by Gasteiger charge is -2.43. The number of carbonyl (C=O) groups is 1. The van der Waals surface area contributed by atoms with Gasteiger partial charge in [-0.3, -0.25) is 4.90 Å². The van der Waals surface area contributed by atoms with E-state index in [9.17, 15) is 4.79 Å². The molecule has 1 saturated carbocycles. The number of piperazine rings is 1. The lowest BCUT2D eigenvalue weighted by Crippen LogP contribution is -2.56. The zero-order valence-corrected chi connectivity index (χ0v) is 22.5. The van der Waals surface area contributed by atoms with Crippen LogP contribution >= 0.6 is 0 Å². The van der Waals surface area contributed by atoms with Crippen LogP contribution in [0.2, 0.25) is 0 Å². The Balaban J connectivity index is 0.000000481. The van der Waals surface area contributed by atoms with Crippen LogP contribution in [0, 0.1) is 11.8 Å². The van der Waals surface area contributed by atoms with E-state index in [0.29, 0.717) is 18.1 Å². The van der Waals surface area contributed by atoms with Gasteiger partial charge in [-0.05, 0) is 58.4 Å². The van der Waals surface area contributed by atoms with Crippen LogP contribution in [0.3, 0.4) is 0 Å². The number of aromatic nitrogens is 2. The number of aldehydes is 1. The molecule has 2 aliphatic heterocycles. The molecule has 0 N–H and O–H groups in total. The Bertz CT molecular complexity index is 706. The van der Waals surface area contributed by atoms with E-state index in [1.54, 1.807) is 0 Å². The summed E-state index contributed by atoms with van der Waals surface area (Å²) >= 11 is 0. The molecular weight excluding hydrogens is 422 g/mol. The van der Waals surface area contributed by atoms with Crippen LogP contribution in [0.1, 0.15) is 91.0 Å². The van der Waals surface area contributed by atoms with Crippen molar-refractivity contribution in [1.29, 1.82) is 0 Å². The van der Waals surface area contributed by atoms with Crippen LogP contribution in [0.4, 0.5) is 5.95 Å². The predicted octanol–water partition coefficient (Wildman–Crippen LogP) is 5.17. The summed E-state index contributed by atoms with van der Waals surface area (Å²) in [5.74, 6) is 2.09. The Morgan fingerprint density at radius 1 is 1.00 bits per heavy atom. The standard InChI is InChI=1S/C23H39N5.C5H10O/c1-4-18(2)27-16-21-10-11-22(17-27)28(21)23-24-12-20(13-25-23)15-26(3)14-19-8-6-5-7-9-19;1-3-5(2)4-6/h12-13,18-19,21-22H,4-11,14-17H2,1-3H3;4-5H,3H2,1-2H3. The zero-order valence-electron chi connectivity index (χ0n) is 22.5. The van der Waals surface area contributed by atoms with Crippen molar-refractivity contribution < 1.29 is 4.79 Å². The van der Waals surface area contributed by atoms with Crippen molar-refractivity contribution >= 4 is 12.2 Å². The average Bonchev–Trinajstić information content (AvgIpc) is 3.13. The zero-order chi connectivity index (χ0) is 24.5. The van der Waals surface area contributed by atoms with Gasteiger partial charge in [-0.25, -0.2) is 9.97 Å². The number of nitrogens with zero attached hydrogens (tertiary/aromatic N) is 5. The summed E-state index contributed by atoms with van der Waals surface area (Å²) in [4.78, 5) is 27.0. The minimum absolute atomic E-state index is 0.255. The molecule has 3 aliphatic rings. The number of rotatable bonds is 9.